The molecule has 2 heterocycles. The second-order valence-corrected chi connectivity index (χ2v) is 8.89. The van der Waals surface area contributed by atoms with Gasteiger partial charge in [-0.1, -0.05) is 61.4 Å². The van der Waals surface area contributed by atoms with Crippen LogP contribution in [0, 0.1) is 0 Å². The Morgan fingerprint density at radius 1 is 1.24 bits per heavy atom. The van der Waals surface area contributed by atoms with Crippen molar-refractivity contribution in [1.29, 1.82) is 0 Å². The van der Waals surface area contributed by atoms with Gasteiger partial charge in [-0.2, -0.15) is 0 Å². The molecular formula is C19H22N2O2S2. The highest BCUT2D eigenvalue weighted by atomic mass is 32.2. The molecule has 6 heteroatoms. The van der Waals surface area contributed by atoms with Crippen LogP contribution >= 0.6 is 24.0 Å². The van der Waals surface area contributed by atoms with Crippen LogP contribution in [-0.2, 0) is 17.8 Å². The third kappa shape index (κ3) is 3.29. The Morgan fingerprint density at radius 2 is 2.00 bits per heavy atom. The Labute approximate surface area is 157 Å². The zero-order valence-corrected chi connectivity index (χ0v) is 15.7. The van der Waals surface area contributed by atoms with Gasteiger partial charge in [0.25, 0.3) is 0 Å². The van der Waals surface area contributed by atoms with Gasteiger partial charge in [0.15, 0.2) is 0 Å². The first kappa shape index (κ1) is 16.9. The molecule has 1 atom stereocenters. The third-order valence-electron chi connectivity index (χ3n) is 5.34. The smallest absolute Gasteiger partial charge is 0.326 e. The molecule has 0 saturated heterocycles. The zero-order valence-electron chi connectivity index (χ0n) is 14.0. The minimum atomic E-state index is -0.789. The number of carbonyl (C=O) groups is 1. The molecule has 0 bridgehead atoms. The first-order chi connectivity index (χ1) is 12.1. The summed E-state index contributed by atoms with van der Waals surface area (Å²) in [6, 6.07) is 7.54. The summed E-state index contributed by atoms with van der Waals surface area (Å²) in [6.07, 6.45) is 6.70. The molecular weight excluding hydrogens is 352 g/mol. The van der Waals surface area contributed by atoms with E-state index in [0.29, 0.717) is 18.2 Å². The van der Waals surface area contributed by atoms with Gasteiger partial charge in [0, 0.05) is 28.3 Å². The van der Waals surface area contributed by atoms with Gasteiger partial charge in [0.05, 0.1) is 6.54 Å². The van der Waals surface area contributed by atoms with Gasteiger partial charge in [0.2, 0.25) is 0 Å². The van der Waals surface area contributed by atoms with E-state index in [1.807, 2.05) is 23.1 Å². The average Bonchev–Trinajstić information content (AvgIpc) is 2.99. The maximum atomic E-state index is 11.9. The van der Waals surface area contributed by atoms with Crippen LogP contribution in [0.1, 0.15) is 43.4 Å². The number of nitrogens with zero attached hydrogens (tertiary/aromatic N) is 1. The number of fused-ring (bicyclic) bond motifs is 3. The van der Waals surface area contributed by atoms with Crippen LogP contribution in [0.3, 0.4) is 0 Å². The highest BCUT2D eigenvalue weighted by Crippen LogP contribution is 2.35. The molecule has 4 rings (SSSR count). The summed E-state index contributed by atoms with van der Waals surface area (Å²) in [5.41, 5.74) is 3.30. The zero-order chi connectivity index (χ0) is 17.4. The number of aliphatic carboxylic acids is 1. The first-order valence-corrected chi connectivity index (χ1v) is 10.2. The van der Waals surface area contributed by atoms with Crippen molar-refractivity contribution in [2.45, 2.75) is 56.4 Å². The minimum Gasteiger partial charge on any atom is -0.480 e. The Hall–Kier alpha value is -1.53. The van der Waals surface area contributed by atoms with E-state index in [-0.39, 0.29) is 0 Å². The number of hydrogen-bond acceptors (Lipinski definition) is 3. The highest BCUT2D eigenvalue weighted by Gasteiger charge is 2.35. The molecule has 1 aromatic carbocycles. The van der Waals surface area contributed by atoms with Crippen molar-refractivity contribution in [1.82, 2.24) is 9.88 Å². The quantitative estimate of drug-likeness (QED) is 0.766. The molecule has 132 valence electrons. The molecule has 1 aromatic heterocycles. The van der Waals surface area contributed by atoms with Gasteiger partial charge in [0.1, 0.15) is 10.4 Å². The average molecular weight is 375 g/mol. The van der Waals surface area contributed by atoms with E-state index in [9.17, 15) is 9.90 Å². The van der Waals surface area contributed by atoms with E-state index in [4.69, 9.17) is 12.2 Å². The summed E-state index contributed by atoms with van der Waals surface area (Å²) in [4.78, 5) is 17.3. The van der Waals surface area contributed by atoms with Crippen LogP contribution in [0.15, 0.2) is 24.3 Å². The van der Waals surface area contributed by atoms with Gasteiger partial charge >= 0.3 is 5.97 Å². The summed E-state index contributed by atoms with van der Waals surface area (Å²) >= 11 is 7.38. The molecule has 2 aromatic rings. The summed E-state index contributed by atoms with van der Waals surface area (Å²) < 4.78 is 0.739. The number of hydrogen-bond donors (Lipinski definition) is 2. The number of benzene rings is 1. The van der Waals surface area contributed by atoms with E-state index in [2.05, 4.69) is 11.1 Å². The molecule has 4 nitrogen and oxygen atoms in total. The lowest BCUT2D eigenvalue weighted by Crippen LogP contribution is -2.47. The maximum absolute atomic E-state index is 11.9. The fourth-order valence-corrected chi connectivity index (χ4v) is 5.80. The number of carboxylic acid groups (broad SMARTS) is 1. The largest absolute Gasteiger partial charge is 0.480 e. The van der Waals surface area contributed by atoms with Gasteiger partial charge in [-0.25, -0.2) is 4.79 Å². The molecule has 25 heavy (non-hydrogen) atoms. The van der Waals surface area contributed by atoms with Crippen molar-refractivity contribution in [2.24, 2.45) is 0 Å². The lowest BCUT2D eigenvalue weighted by atomic mass is 9.97. The van der Waals surface area contributed by atoms with Crippen molar-refractivity contribution < 1.29 is 9.90 Å². The maximum Gasteiger partial charge on any atom is 0.326 e. The van der Waals surface area contributed by atoms with Gasteiger partial charge in [-0.05, 0) is 24.5 Å². The van der Waals surface area contributed by atoms with Crippen LogP contribution in [0.2, 0.25) is 0 Å². The molecule has 0 spiro atoms. The Morgan fingerprint density at radius 3 is 2.76 bits per heavy atom. The third-order valence-corrected chi connectivity index (χ3v) is 7.11. The van der Waals surface area contributed by atoms with Crippen LogP contribution in [0.5, 0.6) is 0 Å². The molecule has 0 amide bonds. The first-order valence-electron chi connectivity index (χ1n) is 8.92. The molecule has 1 saturated carbocycles. The number of aromatic nitrogens is 1. The second kappa shape index (κ2) is 7.00. The molecule has 2 aliphatic rings. The van der Waals surface area contributed by atoms with Crippen LogP contribution < -0.4 is 0 Å². The molecule has 1 aliphatic carbocycles. The molecule has 1 unspecified atom stereocenters. The van der Waals surface area contributed by atoms with E-state index in [0.717, 1.165) is 26.5 Å². The normalized spacial score (nSPS) is 21.3. The van der Waals surface area contributed by atoms with Crippen LogP contribution in [-0.4, -0.2) is 36.6 Å². The van der Waals surface area contributed by atoms with E-state index in [1.54, 1.807) is 11.8 Å². The van der Waals surface area contributed by atoms with Crippen molar-refractivity contribution in [3.8, 4) is 0 Å². The summed E-state index contributed by atoms with van der Waals surface area (Å²) in [5, 5.41) is 11.5. The monoisotopic (exact) mass is 374 g/mol. The Bertz CT molecular complexity index is 811. The predicted octanol–water partition coefficient (Wildman–Crippen LogP) is 4.33. The van der Waals surface area contributed by atoms with Crippen molar-refractivity contribution in [3.05, 3.63) is 35.5 Å². The number of thiocarbonyl (C=S) groups is 1. The minimum absolute atomic E-state index is 0.500. The van der Waals surface area contributed by atoms with Gasteiger partial charge in [-0.3, -0.25) is 0 Å². The summed E-state index contributed by atoms with van der Waals surface area (Å²) in [5.74, 6) is -0.789. The molecule has 1 aliphatic heterocycles. The van der Waals surface area contributed by atoms with E-state index >= 15 is 0 Å². The number of rotatable bonds is 2. The predicted molar refractivity (Wildman–Crippen MR) is 106 cm³/mol. The van der Waals surface area contributed by atoms with Crippen molar-refractivity contribution in [2.75, 3.05) is 0 Å². The number of H-pyrrole nitrogens is 1. The number of aromatic amines is 1. The van der Waals surface area contributed by atoms with Crippen molar-refractivity contribution >= 4 is 45.2 Å². The molecule has 1 fully saturated rings. The lowest BCUT2D eigenvalue weighted by molar-refractivity contribution is -0.142. The lowest BCUT2D eigenvalue weighted by Gasteiger charge is -2.36. The molecule has 2 N–H and O–H groups in total. The standard InChI is InChI=1S/C19H22N2O2S2/c22-18(23)17-10-14-13-8-4-5-9-15(13)20-16(14)11-21(17)19(24)25-12-6-2-1-3-7-12/h4-5,8-9,12,17,20H,1-3,6-7,10-11H2,(H,22,23). The van der Waals surface area contributed by atoms with Crippen molar-refractivity contribution in [3.63, 3.8) is 0 Å². The fourth-order valence-electron chi connectivity index (χ4n) is 4.01. The van der Waals surface area contributed by atoms with Gasteiger partial charge in [-0.15, -0.1) is 0 Å². The van der Waals surface area contributed by atoms with E-state index < -0.39 is 12.0 Å². The van der Waals surface area contributed by atoms with Crippen LogP contribution in [0.4, 0.5) is 0 Å². The number of thioether (sulfide) groups is 1. The molecule has 0 radical (unpaired) electrons. The fraction of sp³-hybridized carbons (Fsp3) is 0.474. The number of para-hydroxylation sites is 1. The Kier molecular flexibility index (Phi) is 4.73. The SMILES string of the molecule is O=C(O)C1Cc2c([nH]c3ccccc23)CN1C(=S)SC1CCCCC1. The summed E-state index contributed by atoms with van der Waals surface area (Å²) in [6.45, 7) is 0.555. The number of nitrogens with one attached hydrogen (secondary N) is 1. The Balaban J connectivity index is 1.60. The highest BCUT2D eigenvalue weighted by molar-refractivity contribution is 8.23. The summed E-state index contributed by atoms with van der Waals surface area (Å²) in [7, 11) is 0. The second-order valence-electron chi connectivity index (χ2n) is 6.96. The van der Waals surface area contributed by atoms with E-state index in [1.165, 1.54) is 32.1 Å². The number of carboxylic acids is 1. The van der Waals surface area contributed by atoms with Crippen LogP contribution in [0.25, 0.3) is 10.9 Å². The van der Waals surface area contributed by atoms with Gasteiger partial charge < -0.3 is 15.0 Å². The topological polar surface area (TPSA) is 56.3 Å².